The predicted molar refractivity (Wildman–Crippen MR) is 106 cm³/mol. The van der Waals surface area contributed by atoms with Crippen molar-refractivity contribution < 1.29 is 14.3 Å². The fraction of sp³-hybridized carbons (Fsp3) is 0.400. The summed E-state index contributed by atoms with van der Waals surface area (Å²) < 4.78 is 5.36. The number of amides is 2. The molecule has 0 bridgehead atoms. The summed E-state index contributed by atoms with van der Waals surface area (Å²) >= 11 is 0. The molecule has 8 heteroatoms. The van der Waals surface area contributed by atoms with Crippen LogP contribution < -0.4 is 20.3 Å². The summed E-state index contributed by atoms with van der Waals surface area (Å²) in [5.74, 6) is -0.336. The van der Waals surface area contributed by atoms with Crippen molar-refractivity contribution in [3.8, 4) is 5.88 Å². The van der Waals surface area contributed by atoms with E-state index >= 15 is 0 Å². The van der Waals surface area contributed by atoms with Crippen LogP contribution in [0.25, 0.3) is 0 Å². The van der Waals surface area contributed by atoms with E-state index in [2.05, 4.69) is 25.5 Å². The van der Waals surface area contributed by atoms with Gasteiger partial charge in [-0.2, -0.15) is 0 Å². The van der Waals surface area contributed by atoms with Crippen LogP contribution in [0, 0.1) is 0 Å². The number of anilines is 2. The van der Waals surface area contributed by atoms with E-state index in [4.69, 9.17) is 4.74 Å². The molecule has 0 aromatic carbocycles. The van der Waals surface area contributed by atoms with Crippen LogP contribution >= 0.6 is 0 Å². The Kier molecular flexibility index (Phi) is 6.78. The standard InChI is InChI=1S/C20H25N5O3/c1-2-28-20-16(9-7-11-22-20)24-19(27)18(26)23-14-15-8-6-10-21-17(15)25-12-4-3-5-13-25/h6-11H,2-5,12-14H2,1H3,(H,23,26)(H,24,27). The zero-order valence-corrected chi connectivity index (χ0v) is 16.0. The number of carbonyl (C=O) groups excluding carboxylic acids is 2. The van der Waals surface area contributed by atoms with Crippen LogP contribution in [0.5, 0.6) is 5.88 Å². The molecule has 0 atom stereocenters. The minimum Gasteiger partial charge on any atom is -0.476 e. The van der Waals surface area contributed by atoms with Gasteiger partial charge >= 0.3 is 11.8 Å². The Labute approximate surface area is 164 Å². The Hall–Kier alpha value is -3.16. The topological polar surface area (TPSA) is 96.4 Å². The van der Waals surface area contributed by atoms with E-state index in [1.165, 1.54) is 6.42 Å². The van der Waals surface area contributed by atoms with E-state index < -0.39 is 11.8 Å². The van der Waals surface area contributed by atoms with Crippen molar-refractivity contribution in [1.29, 1.82) is 0 Å². The molecule has 0 saturated carbocycles. The van der Waals surface area contributed by atoms with Gasteiger partial charge < -0.3 is 20.3 Å². The van der Waals surface area contributed by atoms with Gasteiger partial charge in [-0.05, 0) is 44.4 Å². The molecule has 1 aliphatic heterocycles. The van der Waals surface area contributed by atoms with Crippen LogP contribution in [0.15, 0.2) is 36.7 Å². The lowest BCUT2D eigenvalue weighted by molar-refractivity contribution is -0.136. The Bertz CT molecular complexity index is 821. The minimum atomic E-state index is -0.766. The fourth-order valence-electron chi connectivity index (χ4n) is 3.13. The number of pyridine rings is 2. The zero-order valence-electron chi connectivity index (χ0n) is 16.0. The van der Waals surface area contributed by atoms with Gasteiger partial charge in [0.1, 0.15) is 11.5 Å². The first kappa shape index (κ1) is 19.6. The molecule has 8 nitrogen and oxygen atoms in total. The van der Waals surface area contributed by atoms with Gasteiger partial charge in [-0.15, -0.1) is 0 Å². The van der Waals surface area contributed by atoms with Gasteiger partial charge in [0.25, 0.3) is 0 Å². The third-order valence-corrected chi connectivity index (χ3v) is 4.47. The number of nitrogens with one attached hydrogen (secondary N) is 2. The average Bonchev–Trinajstić information content (AvgIpc) is 2.74. The number of ether oxygens (including phenoxy) is 1. The van der Waals surface area contributed by atoms with Crippen molar-refractivity contribution in [3.05, 3.63) is 42.2 Å². The van der Waals surface area contributed by atoms with Gasteiger partial charge in [0.2, 0.25) is 5.88 Å². The van der Waals surface area contributed by atoms with Crippen LogP contribution in [0.2, 0.25) is 0 Å². The van der Waals surface area contributed by atoms with Crippen molar-refractivity contribution in [1.82, 2.24) is 15.3 Å². The largest absolute Gasteiger partial charge is 0.476 e. The maximum atomic E-state index is 12.3. The molecule has 1 fully saturated rings. The molecule has 1 aliphatic rings. The fourth-order valence-corrected chi connectivity index (χ4v) is 3.13. The minimum absolute atomic E-state index is 0.233. The Morgan fingerprint density at radius 1 is 1.07 bits per heavy atom. The molecule has 2 aromatic heterocycles. The first-order valence-electron chi connectivity index (χ1n) is 9.55. The molecule has 0 spiro atoms. The van der Waals surface area contributed by atoms with Gasteiger partial charge in [-0.3, -0.25) is 9.59 Å². The molecule has 3 heterocycles. The van der Waals surface area contributed by atoms with Crippen molar-refractivity contribution in [2.45, 2.75) is 32.7 Å². The molecule has 28 heavy (non-hydrogen) atoms. The monoisotopic (exact) mass is 383 g/mol. The van der Waals surface area contributed by atoms with Gasteiger partial charge in [-0.1, -0.05) is 6.07 Å². The highest BCUT2D eigenvalue weighted by molar-refractivity contribution is 6.39. The van der Waals surface area contributed by atoms with Gasteiger partial charge in [0, 0.05) is 37.6 Å². The van der Waals surface area contributed by atoms with E-state index in [9.17, 15) is 9.59 Å². The normalized spacial score (nSPS) is 13.7. The highest BCUT2D eigenvalue weighted by atomic mass is 16.5. The van der Waals surface area contributed by atoms with Crippen LogP contribution in [-0.4, -0.2) is 41.5 Å². The smallest absolute Gasteiger partial charge is 0.313 e. The van der Waals surface area contributed by atoms with Crippen molar-refractivity contribution in [2.24, 2.45) is 0 Å². The molecule has 148 valence electrons. The van der Waals surface area contributed by atoms with Gasteiger partial charge in [0.05, 0.1) is 6.61 Å². The summed E-state index contributed by atoms with van der Waals surface area (Å²) in [6.07, 6.45) is 6.81. The number of nitrogens with zero attached hydrogens (tertiary/aromatic N) is 3. The first-order valence-corrected chi connectivity index (χ1v) is 9.55. The zero-order chi connectivity index (χ0) is 19.8. The van der Waals surface area contributed by atoms with Gasteiger partial charge in [0.15, 0.2) is 0 Å². The molecule has 2 N–H and O–H groups in total. The molecule has 0 aliphatic carbocycles. The molecule has 0 unspecified atom stereocenters. The average molecular weight is 383 g/mol. The summed E-state index contributed by atoms with van der Waals surface area (Å²) in [4.78, 5) is 35.3. The number of rotatable bonds is 6. The lowest BCUT2D eigenvalue weighted by atomic mass is 10.1. The predicted octanol–water partition coefficient (Wildman–Crippen LogP) is 2.12. The number of aromatic nitrogens is 2. The first-order chi connectivity index (χ1) is 13.7. The van der Waals surface area contributed by atoms with Crippen LogP contribution in [0.3, 0.4) is 0 Å². The summed E-state index contributed by atoms with van der Waals surface area (Å²) in [6, 6.07) is 7.05. The molecule has 2 aromatic rings. The number of hydrogen-bond donors (Lipinski definition) is 2. The number of piperidine rings is 1. The van der Waals surface area contributed by atoms with Crippen LogP contribution in [0.4, 0.5) is 11.5 Å². The molecule has 3 rings (SSSR count). The summed E-state index contributed by atoms with van der Waals surface area (Å²) in [5.41, 5.74) is 1.25. The molecule has 1 saturated heterocycles. The van der Waals surface area contributed by atoms with E-state index in [0.717, 1.165) is 37.3 Å². The summed E-state index contributed by atoms with van der Waals surface area (Å²) in [7, 11) is 0. The lowest BCUT2D eigenvalue weighted by Gasteiger charge is -2.29. The summed E-state index contributed by atoms with van der Waals surface area (Å²) in [6.45, 7) is 4.38. The quantitative estimate of drug-likeness (QED) is 0.742. The maximum absolute atomic E-state index is 12.3. The number of carbonyl (C=O) groups is 2. The number of hydrogen-bond acceptors (Lipinski definition) is 6. The van der Waals surface area contributed by atoms with E-state index in [1.54, 1.807) is 24.5 Å². The molecule has 2 amide bonds. The molecule has 0 radical (unpaired) electrons. The summed E-state index contributed by atoms with van der Waals surface area (Å²) in [5, 5.41) is 5.22. The van der Waals surface area contributed by atoms with E-state index in [0.29, 0.717) is 12.3 Å². The third kappa shape index (κ3) is 4.97. The van der Waals surface area contributed by atoms with Gasteiger partial charge in [-0.25, -0.2) is 9.97 Å². The lowest BCUT2D eigenvalue weighted by Crippen LogP contribution is -2.36. The second-order valence-corrected chi connectivity index (χ2v) is 6.46. The second kappa shape index (κ2) is 9.68. The van der Waals surface area contributed by atoms with Crippen LogP contribution in [0.1, 0.15) is 31.7 Å². The molecular weight excluding hydrogens is 358 g/mol. The second-order valence-electron chi connectivity index (χ2n) is 6.46. The van der Waals surface area contributed by atoms with Crippen molar-refractivity contribution in [3.63, 3.8) is 0 Å². The Balaban J connectivity index is 1.61. The third-order valence-electron chi connectivity index (χ3n) is 4.47. The SMILES string of the molecule is CCOc1ncccc1NC(=O)C(=O)NCc1cccnc1N1CCCCC1. The highest BCUT2D eigenvalue weighted by Gasteiger charge is 2.19. The van der Waals surface area contributed by atoms with Crippen LogP contribution in [-0.2, 0) is 16.1 Å². The Morgan fingerprint density at radius 3 is 2.61 bits per heavy atom. The van der Waals surface area contributed by atoms with Crippen molar-refractivity contribution in [2.75, 3.05) is 29.9 Å². The van der Waals surface area contributed by atoms with E-state index in [1.807, 2.05) is 19.1 Å². The van der Waals surface area contributed by atoms with E-state index in [-0.39, 0.29) is 12.4 Å². The Morgan fingerprint density at radius 2 is 1.82 bits per heavy atom. The highest BCUT2D eigenvalue weighted by Crippen LogP contribution is 2.22. The van der Waals surface area contributed by atoms with Crippen molar-refractivity contribution >= 4 is 23.3 Å². The maximum Gasteiger partial charge on any atom is 0.313 e. The molecular formula is C20H25N5O3.